The van der Waals surface area contributed by atoms with Crippen LogP contribution in [0.1, 0.15) is 48.4 Å². The van der Waals surface area contributed by atoms with Crippen molar-refractivity contribution in [2.24, 2.45) is 0 Å². The molecule has 0 aliphatic heterocycles. The number of carbonyl (C=O) groups excluding carboxylic acids is 1. The number of nitrogens with zero attached hydrogens (tertiary/aromatic N) is 1. The van der Waals surface area contributed by atoms with Gasteiger partial charge in [0.15, 0.2) is 0 Å². The van der Waals surface area contributed by atoms with Crippen LogP contribution in [0.2, 0.25) is 0 Å². The molecule has 3 heteroatoms. The minimum Gasteiger partial charge on any atom is -0.461 e. The van der Waals surface area contributed by atoms with Crippen molar-refractivity contribution in [2.75, 3.05) is 6.61 Å². The zero-order valence-corrected chi connectivity index (χ0v) is 12.3. The standard InChI is InChI=1S/C17H21NO2/c1-4-20-17(19)16-11-10-15(13(2)3)18(16)12-14-8-6-5-7-9-14/h5-11,13H,4,12H2,1-3H3. The highest BCUT2D eigenvalue weighted by Crippen LogP contribution is 2.21. The Kier molecular flexibility index (Phi) is 4.61. The number of benzene rings is 1. The van der Waals surface area contributed by atoms with E-state index in [4.69, 9.17) is 4.74 Å². The smallest absolute Gasteiger partial charge is 0.354 e. The first kappa shape index (κ1) is 14.4. The summed E-state index contributed by atoms with van der Waals surface area (Å²) in [5, 5.41) is 0. The van der Waals surface area contributed by atoms with Crippen LogP contribution in [0, 0.1) is 0 Å². The van der Waals surface area contributed by atoms with Gasteiger partial charge in [-0.15, -0.1) is 0 Å². The lowest BCUT2D eigenvalue weighted by Crippen LogP contribution is -2.15. The van der Waals surface area contributed by atoms with Crippen LogP contribution in [0.5, 0.6) is 0 Å². The number of rotatable bonds is 5. The van der Waals surface area contributed by atoms with E-state index in [2.05, 4.69) is 30.5 Å². The molecule has 0 fully saturated rings. The summed E-state index contributed by atoms with van der Waals surface area (Å²) in [4.78, 5) is 12.0. The van der Waals surface area contributed by atoms with Gasteiger partial charge < -0.3 is 9.30 Å². The van der Waals surface area contributed by atoms with E-state index in [9.17, 15) is 4.79 Å². The molecule has 0 saturated heterocycles. The van der Waals surface area contributed by atoms with Crippen LogP contribution in [0.4, 0.5) is 0 Å². The Hall–Kier alpha value is -2.03. The molecular formula is C17H21NO2. The van der Waals surface area contributed by atoms with Gasteiger partial charge in [0, 0.05) is 12.2 Å². The normalized spacial score (nSPS) is 10.8. The lowest BCUT2D eigenvalue weighted by molar-refractivity contribution is 0.0514. The van der Waals surface area contributed by atoms with Crippen LogP contribution in [0.3, 0.4) is 0 Å². The summed E-state index contributed by atoms with van der Waals surface area (Å²) in [6.07, 6.45) is 0. The number of hydrogen-bond acceptors (Lipinski definition) is 2. The number of aromatic nitrogens is 1. The molecule has 0 unspecified atom stereocenters. The first-order valence-electron chi connectivity index (χ1n) is 7.04. The second-order valence-corrected chi connectivity index (χ2v) is 5.09. The van der Waals surface area contributed by atoms with Gasteiger partial charge in [0.2, 0.25) is 0 Å². The van der Waals surface area contributed by atoms with Crippen LogP contribution >= 0.6 is 0 Å². The Morgan fingerprint density at radius 2 is 1.85 bits per heavy atom. The molecule has 0 aliphatic carbocycles. The van der Waals surface area contributed by atoms with E-state index in [1.807, 2.05) is 37.3 Å². The lowest BCUT2D eigenvalue weighted by Gasteiger charge is -2.15. The third-order valence-electron chi connectivity index (χ3n) is 3.27. The fourth-order valence-electron chi connectivity index (χ4n) is 2.31. The predicted octanol–water partition coefficient (Wildman–Crippen LogP) is 3.84. The fourth-order valence-corrected chi connectivity index (χ4v) is 2.31. The van der Waals surface area contributed by atoms with Crippen molar-refractivity contribution < 1.29 is 9.53 Å². The lowest BCUT2D eigenvalue weighted by atomic mass is 10.1. The zero-order valence-electron chi connectivity index (χ0n) is 12.3. The number of esters is 1. The molecule has 0 spiro atoms. The maximum absolute atomic E-state index is 12.0. The highest BCUT2D eigenvalue weighted by molar-refractivity contribution is 5.88. The molecule has 0 saturated carbocycles. The summed E-state index contributed by atoms with van der Waals surface area (Å²) in [5.41, 5.74) is 2.95. The number of carbonyl (C=O) groups is 1. The SMILES string of the molecule is CCOC(=O)c1ccc(C(C)C)n1Cc1ccccc1. The Balaban J connectivity index is 2.37. The van der Waals surface area contributed by atoms with Crippen LogP contribution in [0.25, 0.3) is 0 Å². The Morgan fingerprint density at radius 1 is 1.15 bits per heavy atom. The third kappa shape index (κ3) is 3.10. The molecule has 1 aromatic carbocycles. The fraction of sp³-hybridized carbons (Fsp3) is 0.353. The summed E-state index contributed by atoms with van der Waals surface area (Å²) in [7, 11) is 0. The van der Waals surface area contributed by atoms with Gasteiger partial charge in [-0.25, -0.2) is 4.79 Å². The van der Waals surface area contributed by atoms with E-state index in [0.717, 1.165) is 5.69 Å². The van der Waals surface area contributed by atoms with Crippen molar-refractivity contribution >= 4 is 5.97 Å². The quantitative estimate of drug-likeness (QED) is 0.774. The van der Waals surface area contributed by atoms with E-state index in [0.29, 0.717) is 24.8 Å². The minimum atomic E-state index is -0.254. The van der Waals surface area contributed by atoms with Gasteiger partial charge >= 0.3 is 5.97 Å². The largest absolute Gasteiger partial charge is 0.461 e. The summed E-state index contributed by atoms with van der Waals surface area (Å²) in [6, 6.07) is 14.0. The molecule has 106 valence electrons. The molecular weight excluding hydrogens is 250 g/mol. The van der Waals surface area contributed by atoms with E-state index in [1.165, 1.54) is 5.56 Å². The molecule has 3 nitrogen and oxygen atoms in total. The molecule has 20 heavy (non-hydrogen) atoms. The summed E-state index contributed by atoms with van der Waals surface area (Å²) in [6.45, 7) is 7.17. The van der Waals surface area contributed by atoms with Crippen LogP contribution < -0.4 is 0 Å². The molecule has 2 rings (SSSR count). The van der Waals surface area contributed by atoms with Crippen LogP contribution in [-0.2, 0) is 11.3 Å². The molecule has 0 amide bonds. The molecule has 0 aliphatic rings. The van der Waals surface area contributed by atoms with Crippen molar-refractivity contribution in [2.45, 2.75) is 33.2 Å². The highest BCUT2D eigenvalue weighted by Gasteiger charge is 2.17. The second-order valence-electron chi connectivity index (χ2n) is 5.09. The minimum absolute atomic E-state index is 0.254. The first-order chi connectivity index (χ1) is 9.63. The molecule has 1 heterocycles. The van der Waals surface area contributed by atoms with Crippen molar-refractivity contribution in [1.29, 1.82) is 0 Å². The van der Waals surface area contributed by atoms with Crippen molar-refractivity contribution in [3.05, 3.63) is 59.4 Å². The van der Waals surface area contributed by atoms with Crippen molar-refractivity contribution in [1.82, 2.24) is 4.57 Å². The molecule has 1 aromatic heterocycles. The van der Waals surface area contributed by atoms with Gasteiger partial charge in [0.1, 0.15) is 5.69 Å². The second kappa shape index (κ2) is 6.42. The van der Waals surface area contributed by atoms with Gasteiger partial charge in [0.25, 0.3) is 0 Å². The molecule has 0 N–H and O–H groups in total. The first-order valence-corrected chi connectivity index (χ1v) is 7.04. The Labute approximate surface area is 120 Å². The van der Waals surface area contributed by atoms with E-state index in [-0.39, 0.29) is 5.97 Å². The topological polar surface area (TPSA) is 31.2 Å². The van der Waals surface area contributed by atoms with Crippen molar-refractivity contribution in [3.63, 3.8) is 0 Å². The highest BCUT2D eigenvalue weighted by atomic mass is 16.5. The average molecular weight is 271 g/mol. The molecule has 0 bridgehead atoms. The number of ether oxygens (including phenoxy) is 1. The Bertz CT molecular complexity index is 570. The Morgan fingerprint density at radius 3 is 2.45 bits per heavy atom. The van der Waals surface area contributed by atoms with Crippen LogP contribution in [0.15, 0.2) is 42.5 Å². The van der Waals surface area contributed by atoms with E-state index >= 15 is 0 Å². The predicted molar refractivity (Wildman–Crippen MR) is 80.0 cm³/mol. The average Bonchev–Trinajstić information content (AvgIpc) is 2.84. The summed E-state index contributed by atoms with van der Waals surface area (Å²) >= 11 is 0. The van der Waals surface area contributed by atoms with E-state index < -0.39 is 0 Å². The monoisotopic (exact) mass is 271 g/mol. The maximum atomic E-state index is 12.0. The zero-order chi connectivity index (χ0) is 14.5. The van der Waals surface area contributed by atoms with Crippen LogP contribution in [-0.4, -0.2) is 17.1 Å². The van der Waals surface area contributed by atoms with Crippen molar-refractivity contribution in [3.8, 4) is 0 Å². The van der Waals surface area contributed by atoms with E-state index in [1.54, 1.807) is 0 Å². The van der Waals surface area contributed by atoms with Gasteiger partial charge in [-0.1, -0.05) is 44.2 Å². The molecule has 0 atom stereocenters. The molecule has 2 aromatic rings. The maximum Gasteiger partial charge on any atom is 0.354 e. The van der Waals surface area contributed by atoms with Gasteiger partial charge in [-0.2, -0.15) is 0 Å². The third-order valence-corrected chi connectivity index (χ3v) is 3.27. The summed E-state index contributed by atoms with van der Waals surface area (Å²) < 4.78 is 7.19. The van der Waals surface area contributed by atoms with Gasteiger partial charge in [-0.3, -0.25) is 0 Å². The number of hydrogen-bond donors (Lipinski definition) is 0. The summed E-state index contributed by atoms with van der Waals surface area (Å²) in [5.74, 6) is 0.109. The van der Waals surface area contributed by atoms with Gasteiger partial charge in [-0.05, 0) is 30.5 Å². The molecule has 0 radical (unpaired) electrons. The van der Waals surface area contributed by atoms with Gasteiger partial charge in [0.05, 0.1) is 6.61 Å².